The number of carbonyl (C=O) groups is 4. The third-order valence-corrected chi connectivity index (χ3v) is 6.95. The SMILES string of the molecule is COC(=O)CCCCCCC(=O)NCCc1cc(-c2ccccc2)ccc1CC1SC(=O)NC1=O. The Morgan fingerprint density at radius 1 is 0.943 bits per heavy atom. The maximum atomic E-state index is 12.3. The van der Waals surface area contributed by atoms with E-state index in [1.54, 1.807) is 0 Å². The average molecular weight is 497 g/mol. The molecule has 0 aliphatic carbocycles. The minimum Gasteiger partial charge on any atom is -0.469 e. The van der Waals surface area contributed by atoms with Crippen LogP contribution in [0.4, 0.5) is 4.79 Å². The number of esters is 1. The van der Waals surface area contributed by atoms with Crippen LogP contribution in [0.2, 0.25) is 0 Å². The molecule has 1 atom stereocenters. The number of nitrogens with one attached hydrogen (secondary N) is 2. The molecule has 1 aliphatic heterocycles. The summed E-state index contributed by atoms with van der Waals surface area (Å²) in [4.78, 5) is 47.0. The van der Waals surface area contributed by atoms with Crippen molar-refractivity contribution in [1.82, 2.24) is 10.6 Å². The molecule has 0 saturated carbocycles. The van der Waals surface area contributed by atoms with Crippen molar-refractivity contribution in [1.29, 1.82) is 0 Å². The molecule has 2 aromatic carbocycles. The van der Waals surface area contributed by atoms with Crippen LogP contribution in [0.15, 0.2) is 48.5 Å². The van der Waals surface area contributed by atoms with Gasteiger partial charge in [-0.15, -0.1) is 0 Å². The molecular weight excluding hydrogens is 464 g/mol. The summed E-state index contributed by atoms with van der Waals surface area (Å²) in [5, 5.41) is 4.60. The highest BCUT2D eigenvalue weighted by molar-refractivity contribution is 8.15. The number of unbranched alkanes of at least 4 members (excludes halogenated alkanes) is 3. The maximum absolute atomic E-state index is 12.3. The zero-order valence-electron chi connectivity index (χ0n) is 20.0. The lowest BCUT2D eigenvalue weighted by molar-refractivity contribution is -0.140. The highest BCUT2D eigenvalue weighted by atomic mass is 32.2. The van der Waals surface area contributed by atoms with Gasteiger partial charge in [0, 0.05) is 19.4 Å². The third kappa shape index (κ3) is 8.55. The Bertz CT molecular complexity index is 1040. The van der Waals surface area contributed by atoms with Crippen LogP contribution in [0, 0.1) is 0 Å². The summed E-state index contributed by atoms with van der Waals surface area (Å²) in [5.74, 6) is -0.440. The van der Waals surface area contributed by atoms with Crippen molar-refractivity contribution in [2.24, 2.45) is 0 Å². The second kappa shape index (κ2) is 13.7. The minimum atomic E-state index is -0.433. The lowest BCUT2D eigenvalue weighted by atomic mass is 9.94. The molecule has 35 heavy (non-hydrogen) atoms. The Balaban J connectivity index is 1.54. The van der Waals surface area contributed by atoms with Gasteiger partial charge in [0.15, 0.2) is 0 Å². The summed E-state index contributed by atoms with van der Waals surface area (Å²) < 4.78 is 4.62. The second-order valence-corrected chi connectivity index (χ2v) is 9.70. The van der Waals surface area contributed by atoms with Crippen molar-refractivity contribution in [3.63, 3.8) is 0 Å². The second-order valence-electron chi connectivity index (χ2n) is 8.53. The Kier molecular flexibility index (Phi) is 10.3. The first-order valence-electron chi connectivity index (χ1n) is 12.0. The van der Waals surface area contributed by atoms with Crippen LogP contribution in [-0.2, 0) is 32.0 Å². The summed E-state index contributed by atoms with van der Waals surface area (Å²) >= 11 is 1.03. The van der Waals surface area contributed by atoms with Gasteiger partial charge in [0.2, 0.25) is 11.8 Å². The van der Waals surface area contributed by atoms with Crippen molar-refractivity contribution in [2.75, 3.05) is 13.7 Å². The monoisotopic (exact) mass is 496 g/mol. The van der Waals surface area contributed by atoms with E-state index in [0.717, 1.165) is 59.7 Å². The standard InChI is InChI=1S/C27H32N2O5S/c1-34-25(31)12-8-3-2-7-11-24(30)28-16-15-22-17-20(19-9-5-4-6-10-19)13-14-21(22)18-23-26(32)29-27(33)35-23/h4-6,9-10,13-14,17,23H,2-3,7-8,11-12,15-16,18H2,1H3,(H,28,30)(H,29,32,33). The molecule has 0 spiro atoms. The number of benzene rings is 2. The predicted octanol–water partition coefficient (Wildman–Crippen LogP) is 4.42. The highest BCUT2D eigenvalue weighted by Crippen LogP contribution is 2.28. The largest absolute Gasteiger partial charge is 0.469 e. The number of thioether (sulfide) groups is 1. The first-order chi connectivity index (χ1) is 17.0. The van der Waals surface area contributed by atoms with Crippen molar-refractivity contribution in [3.05, 3.63) is 59.7 Å². The minimum absolute atomic E-state index is 0.00931. The van der Waals surface area contributed by atoms with Gasteiger partial charge in [-0.3, -0.25) is 24.5 Å². The molecule has 1 fully saturated rings. The van der Waals surface area contributed by atoms with E-state index in [-0.39, 0.29) is 23.0 Å². The van der Waals surface area contributed by atoms with Gasteiger partial charge in [-0.25, -0.2) is 0 Å². The lowest BCUT2D eigenvalue weighted by Crippen LogP contribution is -2.27. The van der Waals surface area contributed by atoms with E-state index in [1.807, 2.05) is 42.5 Å². The van der Waals surface area contributed by atoms with Crippen molar-refractivity contribution < 1.29 is 23.9 Å². The van der Waals surface area contributed by atoms with Crippen molar-refractivity contribution in [3.8, 4) is 11.1 Å². The normalized spacial score (nSPS) is 15.1. The molecule has 3 rings (SSSR count). The third-order valence-electron chi connectivity index (χ3n) is 5.96. The smallest absolute Gasteiger partial charge is 0.305 e. The summed E-state index contributed by atoms with van der Waals surface area (Å²) in [6, 6.07) is 16.2. The van der Waals surface area contributed by atoms with Crippen molar-refractivity contribution >= 4 is 34.8 Å². The molecule has 186 valence electrons. The Morgan fingerprint density at radius 2 is 1.69 bits per heavy atom. The van der Waals surface area contributed by atoms with Gasteiger partial charge in [-0.1, -0.05) is 73.1 Å². The van der Waals surface area contributed by atoms with E-state index < -0.39 is 5.25 Å². The number of hydrogen-bond acceptors (Lipinski definition) is 6. The van der Waals surface area contributed by atoms with Gasteiger partial charge in [-0.05, 0) is 47.9 Å². The van der Waals surface area contributed by atoms with E-state index in [2.05, 4.69) is 21.4 Å². The van der Waals surface area contributed by atoms with E-state index in [9.17, 15) is 19.2 Å². The molecule has 2 N–H and O–H groups in total. The van der Waals surface area contributed by atoms with Crippen molar-refractivity contribution in [2.45, 2.75) is 56.6 Å². The van der Waals surface area contributed by atoms with Gasteiger partial charge < -0.3 is 10.1 Å². The molecule has 3 amide bonds. The summed E-state index contributed by atoms with van der Waals surface area (Å²) in [6.45, 7) is 0.495. The van der Waals surface area contributed by atoms with Gasteiger partial charge in [0.1, 0.15) is 0 Å². The molecule has 1 saturated heterocycles. The van der Waals surface area contributed by atoms with E-state index in [0.29, 0.717) is 32.2 Å². The zero-order chi connectivity index (χ0) is 25.0. The van der Waals surface area contributed by atoms with E-state index in [4.69, 9.17) is 0 Å². The Hall–Kier alpha value is -3.13. The number of methoxy groups -OCH3 is 1. The molecule has 0 radical (unpaired) electrons. The molecule has 0 bridgehead atoms. The Labute approximate surface area is 210 Å². The van der Waals surface area contributed by atoms with Crippen LogP contribution < -0.4 is 10.6 Å². The fourth-order valence-corrected chi connectivity index (χ4v) is 4.88. The van der Waals surface area contributed by atoms with Gasteiger partial charge in [-0.2, -0.15) is 0 Å². The van der Waals surface area contributed by atoms with Crippen LogP contribution in [0.1, 0.15) is 49.7 Å². The molecule has 7 nitrogen and oxygen atoms in total. The number of amides is 3. The maximum Gasteiger partial charge on any atom is 0.305 e. The Morgan fingerprint density at radius 3 is 2.37 bits per heavy atom. The van der Waals surface area contributed by atoms with Crippen LogP contribution in [0.25, 0.3) is 11.1 Å². The fraction of sp³-hybridized carbons (Fsp3) is 0.407. The van der Waals surface area contributed by atoms with Crippen LogP contribution >= 0.6 is 11.8 Å². The number of ether oxygens (including phenoxy) is 1. The van der Waals surface area contributed by atoms with Gasteiger partial charge in [0.25, 0.3) is 5.24 Å². The quantitative estimate of drug-likeness (QED) is 0.314. The van der Waals surface area contributed by atoms with E-state index in [1.165, 1.54) is 7.11 Å². The van der Waals surface area contributed by atoms with Gasteiger partial charge in [0.05, 0.1) is 12.4 Å². The number of imide groups is 1. The lowest BCUT2D eigenvalue weighted by Gasteiger charge is -2.14. The van der Waals surface area contributed by atoms with Gasteiger partial charge >= 0.3 is 5.97 Å². The molecule has 8 heteroatoms. The summed E-state index contributed by atoms with van der Waals surface area (Å²) in [6.07, 6.45) is 5.32. The number of rotatable bonds is 13. The van der Waals surface area contributed by atoms with E-state index >= 15 is 0 Å². The summed E-state index contributed by atoms with van der Waals surface area (Å²) in [5.41, 5.74) is 4.23. The predicted molar refractivity (Wildman–Crippen MR) is 137 cm³/mol. The zero-order valence-corrected chi connectivity index (χ0v) is 20.8. The highest BCUT2D eigenvalue weighted by Gasteiger charge is 2.32. The number of carbonyl (C=O) groups excluding carboxylic acids is 4. The summed E-state index contributed by atoms with van der Waals surface area (Å²) in [7, 11) is 1.39. The van der Waals surface area contributed by atoms with Crippen LogP contribution in [0.3, 0.4) is 0 Å². The van der Waals surface area contributed by atoms with Crippen LogP contribution in [0.5, 0.6) is 0 Å². The molecular formula is C27H32N2O5S. The topological polar surface area (TPSA) is 102 Å². The molecule has 2 aromatic rings. The fourth-order valence-electron chi connectivity index (χ4n) is 4.03. The molecule has 1 unspecified atom stereocenters. The molecule has 0 aromatic heterocycles. The first-order valence-corrected chi connectivity index (χ1v) is 12.9. The average Bonchev–Trinajstić information content (AvgIpc) is 3.18. The first kappa shape index (κ1) is 26.5. The number of hydrogen-bond donors (Lipinski definition) is 2. The molecule has 1 aliphatic rings. The van der Waals surface area contributed by atoms with Crippen LogP contribution in [-0.4, -0.2) is 41.9 Å². The molecule has 1 heterocycles.